The van der Waals surface area contributed by atoms with E-state index in [9.17, 15) is 26.7 Å². The molecule has 0 spiro atoms. The summed E-state index contributed by atoms with van der Waals surface area (Å²) < 4.78 is 66.0. The molecule has 0 aliphatic heterocycles. The van der Waals surface area contributed by atoms with Crippen LogP contribution in [0.2, 0.25) is 0 Å². The van der Waals surface area contributed by atoms with E-state index in [1.165, 1.54) is 12.1 Å². The molecule has 0 aromatic heterocycles. The highest BCUT2D eigenvalue weighted by molar-refractivity contribution is 6.04. The van der Waals surface area contributed by atoms with Crippen molar-refractivity contribution in [3.8, 4) is 5.75 Å². The van der Waals surface area contributed by atoms with Crippen molar-refractivity contribution in [1.29, 1.82) is 0 Å². The predicted molar refractivity (Wildman–Crippen MR) is 67.4 cm³/mol. The molecule has 0 aliphatic carbocycles. The number of nitrogens with one attached hydrogen (secondary N) is 1. The van der Waals surface area contributed by atoms with Gasteiger partial charge in [-0.05, 0) is 24.3 Å². The van der Waals surface area contributed by atoms with Crippen LogP contribution in [-0.4, -0.2) is 12.3 Å². The highest BCUT2D eigenvalue weighted by atomic mass is 19.4. The quantitative estimate of drug-likeness (QED) is 0.865. The summed E-state index contributed by atoms with van der Waals surface area (Å²) in [5.41, 5.74) is -0.323. The second-order valence-corrected chi connectivity index (χ2v) is 4.19. The van der Waals surface area contributed by atoms with E-state index < -0.39 is 29.7 Å². The average molecular weight is 317 g/mol. The maximum atomic E-state index is 13.0. The number of amides is 1. The van der Waals surface area contributed by atoms with Crippen molar-refractivity contribution in [1.82, 2.24) is 0 Å². The van der Waals surface area contributed by atoms with Gasteiger partial charge in [0.25, 0.3) is 5.91 Å². The van der Waals surface area contributed by atoms with Crippen LogP contribution >= 0.6 is 0 Å². The Morgan fingerprint density at radius 1 is 1.00 bits per heavy atom. The minimum atomic E-state index is -4.87. The maximum Gasteiger partial charge on any atom is 0.573 e. The van der Waals surface area contributed by atoms with Crippen LogP contribution in [-0.2, 0) is 0 Å². The van der Waals surface area contributed by atoms with E-state index in [0.29, 0.717) is 6.07 Å². The fourth-order valence-corrected chi connectivity index (χ4v) is 1.66. The van der Waals surface area contributed by atoms with Gasteiger partial charge in [0.1, 0.15) is 17.4 Å². The SMILES string of the molecule is O=C(Nc1cccc(OC(F)(F)F)c1)c1cc(F)cc(F)c1. The van der Waals surface area contributed by atoms with Crippen LogP contribution in [0.3, 0.4) is 0 Å². The summed E-state index contributed by atoms with van der Waals surface area (Å²) in [6.07, 6.45) is -4.87. The lowest BCUT2D eigenvalue weighted by molar-refractivity contribution is -0.274. The molecule has 3 nitrogen and oxygen atoms in total. The third kappa shape index (κ3) is 4.44. The van der Waals surface area contributed by atoms with Gasteiger partial charge in [0.15, 0.2) is 0 Å². The van der Waals surface area contributed by atoms with Gasteiger partial charge in [-0.15, -0.1) is 13.2 Å². The van der Waals surface area contributed by atoms with Crippen molar-refractivity contribution in [2.75, 3.05) is 5.32 Å². The number of alkyl halides is 3. The number of hydrogen-bond acceptors (Lipinski definition) is 2. The maximum absolute atomic E-state index is 13.0. The summed E-state index contributed by atoms with van der Waals surface area (Å²) in [6.45, 7) is 0. The summed E-state index contributed by atoms with van der Waals surface area (Å²) in [7, 11) is 0. The van der Waals surface area contributed by atoms with Crippen molar-refractivity contribution in [2.45, 2.75) is 6.36 Å². The molecule has 22 heavy (non-hydrogen) atoms. The highest BCUT2D eigenvalue weighted by Crippen LogP contribution is 2.25. The lowest BCUT2D eigenvalue weighted by atomic mass is 10.2. The summed E-state index contributed by atoms with van der Waals surface area (Å²) in [5, 5.41) is 2.22. The van der Waals surface area contributed by atoms with Crippen molar-refractivity contribution in [3.63, 3.8) is 0 Å². The normalized spacial score (nSPS) is 11.1. The predicted octanol–water partition coefficient (Wildman–Crippen LogP) is 4.12. The van der Waals surface area contributed by atoms with Crippen molar-refractivity contribution < 1.29 is 31.5 Å². The van der Waals surface area contributed by atoms with Gasteiger partial charge in [0.2, 0.25) is 0 Å². The Labute approximate surface area is 121 Å². The van der Waals surface area contributed by atoms with Crippen molar-refractivity contribution in [2.24, 2.45) is 0 Å². The van der Waals surface area contributed by atoms with Gasteiger partial charge in [0.05, 0.1) is 0 Å². The second kappa shape index (κ2) is 6.00. The van der Waals surface area contributed by atoms with Gasteiger partial charge in [-0.3, -0.25) is 4.79 Å². The molecule has 0 unspecified atom stereocenters. The zero-order valence-corrected chi connectivity index (χ0v) is 10.7. The van der Waals surface area contributed by atoms with Crippen molar-refractivity contribution >= 4 is 11.6 Å². The molecule has 0 heterocycles. The molecule has 0 radical (unpaired) electrons. The smallest absolute Gasteiger partial charge is 0.406 e. The molecular weight excluding hydrogens is 309 g/mol. The first-order valence-electron chi connectivity index (χ1n) is 5.86. The fraction of sp³-hybridized carbons (Fsp3) is 0.0714. The first-order chi connectivity index (χ1) is 10.2. The van der Waals surface area contributed by atoms with E-state index in [0.717, 1.165) is 24.3 Å². The molecule has 8 heteroatoms. The topological polar surface area (TPSA) is 38.3 Å². The number of benzene rings is 2. The van der Waals surface area contributed by atoms with E-state index in [4.69, 9.17) is 0 Å². The Morgan fingerprint density at radius 3 is 2.23 bits per heavy atom. The Balaban J connectivity index is 2.16. The van der Waals surface area contributed by atoms with Crippen LogP contribution in [0.4, 0.5) is 27.6 Å². The Morgan fingerprint density at radius 2 is 1.64 bits per heavy atom. The molecule has 2 rings (SSSR count). The van der Waals surface area contributed by atoms with Crippen molar-refractivity contribution in [3.05, 3.63) is 59.7 Å². The van der Waals surface area contributed by atoms with E-state index in [-0.39, 0.29) is 11.3 Å². The van der Waals surface area contributed by atoms with Crippen LogP contribution in [0.1, 0.15) is 10.4 Å². The summed E-state index contributed by atoms with van der Waals surface area (Å²) in [6, 6.07) is 6.70. The molecule has 0 atom stereocenters. The Kier molecular flexibility index (Phi) is 4.30. The van der Waals surface area contributed by atoms with Gasteiger partial charge in [0, 0.05) is 23.4 Å². The molecular formula is C14H8F5NO2. The van der Waals surface area contributed by atoms with Crippen LogP contribution < -0.4 is 10.1 Å². The van der Waals surface area contributed by atoms with Crippen LogP contribution in [0.15, 0.2) is 42.5 Å². The Bertz CT molecular complexity index is 680. The van der Waals surface area contributed by atoms with Crippen LogP contribution in [0.5, 0.6) is 5.75 Å². The first kappa shape index (κ1) is 15.7. The van der Waals surface area contributed by atoms with Gasteiger partial charge in [-0.1, -0.05) is 6.07 Å². The number of carbonyl (C=O) groups excluding carboxylic acids is 1. The van der Waals surface area contributed by atoms with Gasteiger partial charge < -0.3 is 10.1 Å². The number of anilines is 1. The molecule has 0 bridgehead atoms. The average Bonchev–Trinajstić information content (AvgIpc) is 2.35. The zero-order chi connectivity index (χ0) is 16.3. The molecule has 2 aromatic rings. The van der Waals surface area contributed by atoms with Crippen LogP contribution in [0, 0.1) is 11.6 Å². The third-order valence-corrected chi connectivity index (χ3v) is 2.45. The molecule has 0 aliphatic rings. The number of halogens is 5. The van der Waals surface area contributed by atoms with E-state index >= 15 is 0 Å². The fourth-order valence-electron chi connectivity index (χ4n) is 1.66. The molecule has 116 valence electrons. The van der Waals surface area contributed by atoms with E-state index in [1.807, 2.05) is 0 Å². The molecule has 1 N–H and O–H groups in total. The van der Waals surface area contributed by atoms with E-state index in [1.54, 1.807) is 0 Å². The molecule has 2 aromatic carbocycles. The summed E-state index contributed by atoms with van der Waals surface area (Å²) >= 11 is 0. The number of carbonyl (C=O) groups is 1. The lowest BCUT2D eigenvalue weighted by Gasteiger charge is -2.11. The highest BCUT2D eigenvalue weighted by Gasteiger charge is 2.31. The van der Waals surface area contributed by atoms with Crippen LogP contribution in [0.25, 0.3) is 0 Å². The monoisotopic (exact) mass is 317 g/mol. The molecule has 0 saturated heterocycles. The zero-order valence-electron chi connectivity index (χ0n) is 10.7. The standard InChI is InChI=1S/C14H8F5NO2/c15-9-4-8(5-10(16)6-9)13(21)20-11-2-1-3-12(7-11)22-14(17,18)19/h1-7H,(H,20,21). The molecule has 0 fully saturated rings. The Hall–Kier alpha value is -2.64. The van der Waals surface area contributed by atoms with Gasteiger partial charge in [-0.25, -0.2) is 8.78 Å². The number of hydrogen-bond donors (Lipinski definition) is 1. The lowest BCUT2D eigenvalue weighted by Crippen LogP contribution is -2.17. The number of rotatable bonds is 3. The van der Waals surface area contributed by atoms with Gasteiger partial charge >= 0.3 is 6.36 Å². The van der Waals surface area contributed by atoms with Gasteiger partial charge in [-0.2, -0.15) is 0 Å². The summed E-state index contributed by atoms with van der Waals surface area (Å²) in [4.78, 5) is 11.8. The first-order valence-corrected chi connectivity index (χ1v) is 5.86. The second-order valence-electron chi connectivity index (χ2n) is 4.19. The minimum Gasteiger partial charge on any atom is -0.406 e. The molecule has 1 amide bonds. The number of ether oxygens (including phenoxy) is 1. The minimum absolute atomic E-state index is 0.0172. The third-order valence-electron chi connectivity index (χ3n) is 2.45. The molecule has 0 saturated carbocycles. The van der Waals surface area contributed by atoms with E-state index in [2.05, 4.69) is 10.1 Å². The largest absolute Gasteiger partial charge is 0.573 e. The summed E-state index contributed by atoms with van der Waals surface area (Å²) in [5.74, 6) is -3.29.